The van der Waals surface area contributed by atoms with E-state index in [0.29, 0.717) is 49.7 Å². The molecule has 1 N–H and O–H groups in total. The standard InChI is InChI=1S/C26H30ClN3O4/c1-26(2,25(32)33)11-4-7-23(31)29-13-10-18-19-6-5-12-28-24(19)30(21(18)16-29)15-17-8-9-22(34-3)20(27)14-17/h5-6,8-9,12,14H,4,7,10-11,13,15-16H2,1-3H3,(H,32,33). The molecule has 0 bridgehead atoms. The van der Waals surface area contributed by atoms with Crippen LogP contribution in [-0.4, -0.2) is 45.1 Å². The highest BCUT2D eigenvalue weighted by Gasteiger charge is 2.29. The maximum Gasteiger partial charge on any atom is 0.309 e. The molecule has 1 aromatic carbocycles. The Bertz CT molecular complexity index is 1230. The number of carboxylic acids is 1. The second-order valence-corrected chi connectivity index (χ2v) is 9.87. The minimum absolute atomic E-state index is 0.0593. The topological polar surface area (TPSA) is 84.7 Å². The number of carboxylic acid groups (broad SMARTS) is 1. The summed E-state index contributed by atoms with van der Waals surface area (Å²) in [7, 11) is 1.59. The van der Waals surface area contributed by atoms with Crippen molar-refractivity contribution >= 4 is 34.5 Å². The van der Waals surface area contributed by atoms with E-state index in [0.717, 1.165) is 28.7 Å². The number of ether oxygens (including phenoxy) is 1. The molecule has 1 aliphatic heterocycles. The molecule has 7 nitrogen and oxygen atoms in total. The number of amides is 1. The van der Waals surface area contributed by atoms with Crippen LogP contribution in [-0.2, 0) is 29.1 Å². The third-order valence-electron chi connectivity index (χ3n) is 6.69. The molecule has 3 aromatic rings. The second-order valence-electron chi connectivity index (χ2n) is 9.46. The van der Waals surface area contributed by atoms with Crippen molar-refractivity contribution in [1.29, 1.82) is 0 Å². The number of halogens is 1. The quantitative estimate of drug-likeness (QED) is 0.492. The van der Waals surface area contributed by atoms with Crippen molar-refractivity contribution in [2.24, 2.45) is 5.41 Å². The molecule has 0 aliphatic carbocycles. The summed E-state index contributed by atoms with van der Waals surface area (Å²) in [6.45, 7) is 5.14. The molecule has 34 heavy (non-hydrogen) atoms. The van der Waals surface area contributed by atoms with E-state index in [1.54, 1.807) is 27.2 Å². The third-order valence-corrected chi connectivity index (χ3v) is 6.99. The first kappa shape index (κ1) is 24.1. The van der Waals surface area contributed by atoms with Crippen LogP contribution in [0.15, 0.2) is 36.5 Å². The molecule has 8 heteroatoms. The van der Waals surface area contributed by atoms with Crippen LogP contribution in [0.5, 0.6) is 5.75 Å². The Balaban J connectivity index is 1.56. The summed E-state index contributed by atoms with van der Waals surface area (Å²) in [6.07, 6.45) is 3.92. The highest BCUT2D eigenvalue weighted by molar-refractivity contribution is 6.32. The van der Waals surface area contributed by atoms with Crippen molar-refractivity contribution in [1.82, 2.24) is 14.5 Å². The fourth-order valence-corrected chi connectivity index (χ4v) is 4.86. The summed E-state index contributed by atoms with van der Waals surface area (Å²) in [6, 6.07) is 9.78. The van der Waals surface area contributed by atoms with Gasteiger partial charge in [0, 0.05) is 36.8 Å². The molecule has 0 saturated heterocycles. The molecule has 0 saturated carbocycles. The van der Waals surface area contributed by atoms with E-state index in [-0.39, 0.29) is 5.91 Å². The van der Waals surface area contributed by atoms with E-state index < -0.39 is 11.4 Å². The summed E-state index contributed by atoms with van der Waals surface area (Å²) in [5.74, 6) is -0.145. The fourth-order valence-electron chi connectivity index (χ4n) is 4.58. The number of aromatic nitrogens is 2. The molecule has 3 heterocycles. The normalized spacial score (nSPS) is 13.7. The SMILES string of the molecule is COc1ccc(Cn2c3c(c4cccnc42)CCN(C(=O)CCCC(C)(C)C(=O)O)C3)cc1Cl. The number of carbonyl (C=O) groups is 2. The number of aliphatic carboxylic acids is 1. The number of hydrogen-bond donors (Lipinski definition) is 1. The highest BCUT2D eigenvalue weighted by Crippen LogP contribution is 2.32. The largest absolute Gasteiger partial charge is 0.495 e. The molecular weight excluding hydrogens is 454 g/mol. The average molecular weight is 484 g/mol. The van der Waals surface area contributed by atoms with Crippen LogP contribution in [0.2, 0.25) is 5.02 Å². The monoisotopic (exact) mass is 483 g/mol. The van der Waals surface area contributed by atoms with E-state index in [1.165, 1.54) is 5.56 Å². The van der Waals surface area contributed by atoms with Crippen molar-refractivity contribution in [3.8, 4) is 5.75 Å². The molecule has 1 aliphatic rings. The van der Waals surface area contributed by atoms with E-state index in [2.05, 4.69) is 15.6 Å². The first-order chi connectivity index (χ1) is 16.2. The van der Waals surface area contributed by atoms with Gasteiger partial charge < -0.3 is 19.3 Å². The number of benzene rings is 1. The Labute approximate surface area is 204 Å². The van der Waals surface area contributed by atoms with Crippen LogP contribution in [0, 0.1) is 5.41 Å². The zero-order chi connectivity index (χ0) is 24.5. The van der Waals surface area contributed by atoms with Crippen molar-refractivity contribution in [2.75, 3.05) is 13.7 Å². The van der Waals surface area contributed by atoms with Crippen molar-refractivity contribution < 1.29 is 19.4 Å². The van der Waals surface area contributed by atoms with Crippen molar-refractivity contribution in [3.63, 3.8) is 0 Å². The van der Waals surface area contributed by atoms with Gasteiger partial charge in [0.15, 0.2) is 0 Å². The second kappa shape index (κ2) is 9.66. The highest BCUT2D eigenvalue weighted by atomic mass is 35.5. The smallest absolute Gasteiger partial charge is 0.309 e. The predicted octanol–water partition coefficient (Wildman–Crippen LogP) is 4.91. The Kier molecular flexibility index (Phi) is 6.84. The van der Waals surface area contributed by atoms with E-state index >= 15 is 0 Å². The maximum atomic E-state index is 13.0. The minimum Gasteiger partial charge on any atom is -0.495 e. The first-order valence-electron chi connectivity index (χ1n) is 11.5. The van der Waals surface area contributed by atoms with Gasteiger partial charge in [0.1, 0.15) is 11.4 Å². The maximum absolute atomic E-state index is 13.0. The van der Waals surface area contributed by atoms with Crippen LogP contribution < -0.4 is 4.74 Å². The van der Waals surface area contributed by atoms with Crippen molar-refractivity contribution in [3.05, 3.63) is 58.4 Å². The molecule has 0 atom stereocenters. The Morgan fingerprint density at radius 3 is 2.76 bits per heavy atom. The lowest BCUT2D eigenvalue weighted by Crippen LogP contribution is -2.36. The molecule has 2 aromatic heterocycles. The number of pyridine rings is 1. The van der Waals surface area contributed by atoms with E-state index in [4.69, 9.17) is 16.3 Å². The number of rotatable bonds is 8. The van der Waals surface area contributed by atoms with Gasteiger partial charge in [-0.3, -0.25) is 9.59 Å². The lowest BCUT2D eigenvalue weighted by molar-refractivity contribution is -0.147. The number of hydrogen-bond acceptors (Lipinski definition) is 4. The molecule has 1 amide bonds. The van der Waals surface area contributed by atoms with E-state index in [9.17, 15) is 14.7 Å². The third kappa shape index (κ3) is 4.75. The van der Waals surface area contributed by atoms with Crippen LogP contribution in [0.3, 0.4) is 0 Å². The molecule has 0 spiro atoms. The lowest BCUT2D eigenvalue weighted by Gasteiger charge is -2.29. The van der Waals surface area contributed by atoms with Gasteiger partial charge >= 0.3 is 5.97 Å². The summed E-state index contributed by atoms with van der Waals surface area (Å²) < 4.78 is 7.45. The molecular formula is C26H30ClN3O4. The van der Waals surface area contributed by atoms with Gasteiger partial charge in [-0.1, -0.05) is 17.7 Å². The van der Waals surface area contributed by atoms with Gasteiger partial charge in [0.2, 0.25) is 5.91 Å². The fraction of sp³-hybridized carbons (Fsp3) is 0.423. The Hall–Kier alpha value is -3.06. The summed E-state index contributed by atoms with van der Waals surface area (Å²) in [5.41, 5.74) is 3.42. The van der Waals surface area contributed by atoms with Crippen LogP contribution in [0.4, 0.5) is 0 Å². The van der Waals surface area contributed by atoms with Gasteiger partial charge in [0.25, 0.3) is 0 Å². The van der Waals surface area contributed by atoms with Crippen molar-refractivity contribution in [2.45, 2.75) is 52.6 Å². The number of carbonyl (C=O) groups excluding carboxylic acids is 1. The number of nitrogens with zero attached hydrogens (tertiary/aromatic N) is 3. The van der Waals surface area contributed by atoms with Gasteiger partial charge in [-0.25, -0.2) is 4.98 Å². The number of fused-ring (bicyclic) bond motifs is 3. The molecule has 4 rings (SSSR count). The Morgan fingerprint density at radius 2 is 2.06 bits per heavy atom. The number of methoxy groups -OCH3 is 1. The minimum atomic E-state index is -0.835. The summed E-state index contributed by atoms with van der Waals surface area (Å²) >= 11 is 6.36. The van der Waals surface area contributed by atoms with Gasteiger partial charge in [-0.15, -0.1) is 0 Å². The average Bonchev–Trinajstić information content (AvgIpc) is 3.12. The lowest BCUT2D eigenvalue weighted by atomic mass is 9.87. The molecule has 0 fully saturated rings. The summed E-state index contributed by atoms with van der Waals surface area (Å²) in [5, 5.41) is 11.0. The van der Waals surface area contributed by atoms with E-state index in [1.807, 2.05) is 29.2 Å². The van der Waals surface area contributed by atoms with Crippen LogP contribution in [0.25, 0.3) is 11.0 Å². The molecule has 0 unspecified atom stereocenters. The van der Waals surface area contributed by atoms with Gasteiger partial charge in [-0.2, -0.15) is 0 Å². The summed E-state index contributed by atoms with van der Waals surface area (Å²) in [4.78, 5) is 30.9. The molecule has 180 valence electrons. The zero-order valence-corrected chi connectivity index (χ0v) is 20.6. The predicted molar refractivity (Wildman–Crippen MR) is 131 cm³/mol. The Morgan fingerprint density at radius 1 is 1.26 bits per heavy atom. The van der Waals surface area contributed by atoms with Gasteiger partial charge in [0.05, 0.1) is 24.1 Å². The molecule has 0 radical (unpaired) electrons. The van der Waals surface area contributed by atoms with Crippen LogP contribution >= 0.6 is 11.6 Å². The van der Waals surface area contributed by atoms with Crippen LogP contribution in [0.1, 0.15) is 49.9 Å². The van der Waals surface area contributed by atoms with Gasteiger partial charge in [-0.05, 0) is 68.5 Å². The first-order valence-corrected chi connectivity index (χ1v) is 11.9. The zero-order valence-electron chi connectivity index (χ0n) is 19.8.